The quantitative estimate of drug-likeness (QED) is 0.572. The largest absolute Gasteiger partial charge is 0.392 e. The van der Waals surface area contributed by atoms with E-state index >= 15 is 0 Å². The Bertz CT molecular complexity index is 352. The number of rotatable bonds is 3. The number of H-pyrrole nitrogens is 1. The molecule has 14 heavy (non-hydrogen) atoms. The molecule has 1 aromatic rings. The third-order valence-corrected chi connectivity index (χ3v) is 1.47. The van der Waals surface area contributed by atoms with E-state index in [1.165, 1.54) is 12.1 Å². The first-order valence-corrected chi connectivity index (χ1v) is 4.11. The first kappa shape index (κ1) is 10.4. The van der Waals surface area contributed by atoms with Crippen LogP contribution in [0.25, 0.3) is 0 Å². The summed E-state index contributed by atoms with van der Waals surface area (Å²) in [5.41, 5.74) is -0.248. The van der Waals surface area contributed by atoms with Crippen LogP contribution in [0.4, 0.5) is 0 Å². The zero-order valence-corrected chi connectivity index (χ0v) is 7.65. The van der Waals surface area contributed by atoms with E-state index in [1.54, 1.807) is 6.92 Å². The van der Waals surface area contributed by atoms with E-state index in [2.05, 4.69) is 15.5 Å². The van der Waals surface area contributed by atoms with Gasteiger partial charge in [0.2, 0.25) is 0 Å². The summed E-state index contributed by atoms with van der Waals surface area (Å²) in [6, 6.07) is 2.53. The highest BCUT2D eigenvalue weighted by Gasteiger charge is 2.07. The maximum atomic E-state index is 11.3. The second-order valence-electron chi connectivity index (χ2n) is 2.87. The maximum Gasteiger partial charge on any atom is 0.271 e. The predicted octanol–water partition coefficient (Wildman–Crippen LogP) is -1.12. The lowest BCUT2D eigenvalue weighted by molar-refractivity contribution is 0.0918. The highest BCUT2D eigenvalue weighted by molar-refractivity contribution is 5.91. The van der Waals surface area contributed by atoms with Crippen LogP contribution in [0.1, 0.15) is 17.4 Å². The Morgan fingerprint density at radius 3 is 2.93 bits per heavy atom. The molecule has 76 valence electrons. The molecule has 6 heteroatoms. The Morgan fingerprint density at radius 1 is 1.71 bits per heavy atom. The lowest BCUT2D eigenvalue weighted by Gasteiger charge is -2.05. The number of carbonyl (C=O) groups is 1. The van der Waals surface area contributed by atoms with E-state index < -0.39 is 12.0 Å². The number of hydrogen-bond donors (Lipinski definition) is 3. The van der Waals surface area contributed by atoms with Crippen molar-refractivity contribution in [1.82, 2.24) is 15.5 Å². The fourth-order valence-electron chi connectivity index (χ4n) is 0.802. The molecule has 3 N–H and O–H groups in total. The number of carbonyl (C=O) groups excluding carboxylic acids is 1. The summed E-state index contributed by atoms with van der Waals surface area (Å²) in [7, 11) is 0. The lowest BCUT2D eigenvalue weighted by Crippen LogP contribution is -2.31. The van der Waals surface area contributed by atoms with Crippen molar-refractivity contribution in [3.05, 3.63) is 28.2 Å². The Morgan fingerprint density at radius 2 is 2.43 bits per heavy atom. The van der Waals surface area contributed by atoms with Crippen molar-refractivity contribution in [2.24, 2.45) is 0 Å². The molecule has 0 aliphatic heterocycles. The maximum absolute atomic E-state index is 11.3. The second-order valence-corrected chi connectivity index (χ2v) is 2.87. The van der Waals surface area contributed by atoms with Crippen LogP contribution in [0.3, 0.4) is 0 Å². The fourth-order valence-corrected chi connectivity index (χ4v) is 0.802. The summed E-state index contributed by atoms with van der Waals surface area (Å²) in [5.74, 6) is -0.429. The molecule has 0 bridgehead atoms. The molecule has 1 aromatic heterocycles. The Hall–Kier alpha value is -1.69. The molecule has 1 heterocycles. The minimum absolute atomic E-state index is 0.116. The van der Waals surface area contributed by atoms with Gasteiger partial charge in [0.25, 0.3) is 11.5 Å². The summed E-state index contributed by atoms with van der Waals surface area (Å²) in [4.78, 5) is 21.9. The lowest BCUT2D eigenvalue weighted by atomic mass is 10.3. The molecule has 0 aliphatic carbocycles. The van der Waals surface area contributed by atoms with Crippen molar-refractivity contribution in [3.63, 3.8) is 0 Å². The molecule has 0 saturated heterocycles. The normalized spacial score (nSPS) is 12.1. The molecule has 6 nitrogen and oxygen atoms in total. The smallest absolute Gasteiger partial charge is 0.271 e. The molecular weight excluding hydrogens is 186 g/mol. The van der Waals surface area contributed by atoms with Gasteiger partial charge in [0.15, 0.2) is 0 Å². The molecule has 0 spiro atoms. The van der Waals surface area contributed by atoms with E-state index in [-0.39, 0.29) is 17.8 Å². The van der Waals surface area contributed by atoms with Crippen molar-refractivity contribution in [3.8, 4) is 0 Å². The van der Waals surface area contributed by atoms with Gasteiger partial charge < -0.3 is 10.4 Å². The van der Waals surface area contributed by atoms with Crippen molar-refractivity contribution in [2.75, 3.05) is 6.54 Å². The molecule has 0 radical (unpaired) electrons. The van der Waals surface area contributed by atoms with Gasteiger partial charge in [-0.3, -0.25) is 9.59 Å². The van der Waals surface area contributed by atoms with Gasteiger partial charge in [-0.25, -0.2) is 5.10 Å². The Labute approximate surface area is 80.0 Å². The number of aromatic amines is 1. The van der Waals surface area contributed by atoms with Crippen LogP contribution in [0.5, 0.6) is 0 Å². The Kier molecular flexibility index (Phi) is 3.35. The number of nitrogens with one attached hydrogen (secondary N) is 2. The van der Waals surface area contributed by atoms with Gasteiger partial charge in [-0.2, -0.15) is 5.10 Å². The zero-order valence-electron chi connectivity index (χ0n) is 7.65. The molecule has 1 rings (SSSR count). The van der Waals surface area contributed by atoms with Gasteiger partial charge in [0, 0.05) is 12.6 Å². The highest BCUT2D eigenvalue weighted by Crippen LogP contribution is 1.88. The molecule has 1 atom stereocenters. The van der Waals surface area contributed by atoms with Gasteiger partial charge in [0.1, 0.15) is 5.69 Å². The third kappa shape index (κ3) is 2.98. The van der Waals surface area contributed by atoms with Gasteiger partial charge in [-0.1, -0.05) is 0 Å². The van der Waals surface area contributed by atoms with Crippen LogP contribution >= 0.6 is 0 Å². The summed E-state index contributed by atoms with van der Waals surface area (Å²) in [6.45, 7) is 1.71. The van der Waals surface area contributed by atoms with E-state index in [0.29, 0.717) is 0 Å². The predicted molar refractivity (Wildman–Crippen MR) is 48.9 cm³/mol. The van der Waals surface area contributed by atoms with Crippen molar-refractivity contribution < 1.29 is 9.90 Å². The van der Waals surface area contributed by atoms with Crippen LogP contribution in [0.15, 0.2) is 16.9 Å². The number of aromatic nitrogens is 2. The summed E-state index contributed by atoms with van der Waals surface area (Å²) >= 11 is 0. The SMILES string of the molecule is CC(O)CNC(=O)c1ccc(=O)[nH]n1. The molecule has 1 unspecified atom stereocenters. The molecule has 1 amide bonds. The van der Waals surface area contributed by atoms with E-state index in [1.807, 2.05) is 0 Å². The van der Waals surface area contributed by atoms with Gasteiger partial charge in [0.05, 0.1) is 6.10 Å². The topological polar surface area (TPSA) is 95.1 Å². The average molecular weight is 197 g/mol. The highest BCUT2D eigenvalue weighted by atomic mass is 16.3. The number of hydrogen-bond acceptors (Lipinski definition) is 4. The molecule has 0 fully saturated rings. The van der Waals surface area contributed by atoms with Crippen LogP contribution in [0, 0.1) is 0 Å². The van der Waals surface area contributed by atoms with Crippen LogP contribution in [0.2, 0.25) is 0 Å². The van der Waals surface area contributed by atoms with Crippen LogP contribution in [-0.4, -0.2) is 33.9 Å². The average Bonchev–Trinajstić information content (AvgIpc) is 2.15. The standard InChI is InChI=1S/C8H11N3O3/c1-5(12)4-9-8(14)6-2-3-7(13)11-10-6/h2-3,5,12H,4H2,1H3,(H,9,14)(H,11,13). The zero-order chi connectivity index (χ0) is 10.6. The van der Waals surface area contributed by atoms with Crippen LogP contribution < -0.4 is 10.9 Å². The van der Waals surface area contributed by atoms with E-state index in [4.69, 9.17) is 5.11 Å². The number of amides is 1. The summed E-state index contributed by atoms with van der Waals surface area (Å²) < 4.78 is 0. The second kappa shape index (κ2) is 4.52. The molecule has 0 aliphatic rings. The van der Waals surface area contributed by atoms with Gasteiger partial charge in [-0.05, 0) is 13.0 Å². The van der Waals surface area contributed by atoms with Crippen molar-refractivity contribution in [2.45, 2.75) is 13.0 Å². The van der Waals surface area contributed by atoms with E-state index in [9.17, 15) is 9.59 Å². The minimum Gasteiger partial charge on any atom is -0.392 e. The van der Waals surface area contributed by atoms with Gasteiger partial charge >= 0.3 is 0 Å². The summed E-state index contributed by atoms with van der Waals surface area (Å²) in [5, 5.41) is 17.0. The first-order chi connectivity index (χ1) is 6.59. The van der Waals surface area contributed by atoms with Crippen molar-refractivity contribution >= 4 is 5.91 Å². The third-order valence-electron chi connectivity index (χ3n) is 1.47. The van der Waals surface area contributed by atoms with Gasteiger partial charge in [-0.15, -0.1) is 0 Å². The molecule has 0 aromatic carbocycles. The van der Waals surface area contributed by atoms with E-state index in [0.717, 1.165) is 0 Å². The summed E-state index contributed by atoms with van der Waals surface area (Å²) in [6.07, 6.45) is -0.610. The number of aliphatic hydroxyl groups is 1. The fraction of sp³-hybridized carbons (Fsp3) is 0.375. The molecular formula is C8H11N3O3. The minimum atomic E-state index is -0.610. The van der Waals surface area contributed by atoms with Crippen LogP contribution in [-0.2, 0) is 0 Å². The number of nitrogens with zero attached hydrogens (tertiary/aromatic N) is 1. The Balaban J connectivity index is 2.61. The number of aliphatic hydroxyl groups excluding tert-OH is 1. The first-order valence-electron chi connectivity index (χ1n) is 4.11. The monoisotopic (exact) mass is 197 g/mol. The van der Waals surface area contributed by atoms with Crippen molar-refractivity contribution in [1.29, 1.82) is 0 Å². The molecule has 0 saturated carbocycles.